The molecule has 1 rings (SSSR count). The van der Waals surface area contributed by atoms with Crippen molar-refractivity contribution in [3.8, 4) is 0 Å². The average molecular weight is 157 g/mol. The van der Waals surface area contributed by atoms with Crippen LogP contribution in [0.4, 0.5) is 4.79 Å². The molecule has 1 heterocycles. The van der Waals surface area contributed by atoms with Crippen LogP contribution in [0.15, 0.2) is 12.2 Å². The number of nitrogens with one attached hydrogen (secondary N) is 1. The number of hydrogen-bond acceptors (Lipinski definition) is 5. The minimum Gasteiger partial charge on any atom is -0.371 e. The lowest BCUT2D eigenvalue weighted by molar-refractivity contribution is -0.147. The molecule has 0 spiro atoms. The van der Waals surface area contributed by atoms with E-state index >= 15 is 0 Å². The molecule has 6 nitrogen and oxygen atoms in total. The van der Waals surface area contributed by atoms with E-state index in [1.165, 1.54) is 0 Å². The second-order valence-electron chi connectivity index (χ2n) is 1.57. The third kappa shape index (κ3) is 2.09. The van der Waals surface area contributed by atoms with Gasteiger partial charge in [-0.2, -0.15) is 0 Å². The molecule has 0 unspecified atom stereocenters. The van der Waals surface area contributed by atoms with Crippen LogP contribution in [0.3, 0.4) is 0 Å². The standard InChI is InChI=1S/C5H3NO5/c7-3-1-2-4(8)11-6-5(9)10-3/h1-2H,(H,6,9)/b2-1-. The van der Waals surface area contributed by atoms with Crippen LogP contribution in [0.25, 0.3) is 0 Å². The SMILES string of the molecule is O=C1/C=C\C(=O)OC(=O)NO1. The van der Waals surface area contributed by atoms with E-state index in [2.05, 4.69) is 9.57 Å². The largest absolute Gasteiger partial charge is 0.448 e. The van der Waals surface area contributed by atoms with Crippen LogP contribution in [0.1, 0.15) is 0 Å². The summed E-state index contributed by atoms with van der Waals surface area (Å²) in [6, 6.07) is 0. The predicted octanol–water partition coefficient (Wildman–Crippen LogP) is -0.733. The Balaban J connectivity index is 2.72. The molecule has 0 bridgehead atoms. The third-order valence-corrected chi connectivity index (χ3v) is 0.784. The summed E-state index contributed by atoms with van der Waals surface area (Å²) in [5.74, 6) is -1.76. The molecule has 1 aliphatic heterocycles. The fourth-order valence-corrected chi connectivity index (χ4v) is 0.408. The predicted molar refractivity (Wildman–Crippen MR) is 29.9 cm³/mol. The highest BCUT2D eigenvalue weighted by Crippen LogP contribution is 1.89. The van der Waals surface area contributed by atoms with Gasteiger partial charge in [-0.3, -0.25) is 0 Å². The molecule has 58 valence electrons. The van der Waals surface area contributed by atoms with Gasteiger partial charge in [0.15, 0.2) is 0 Å². The molecule has 0 radical (unpaired) electrons. The van der Waals surface area contributed by atoms with Gasteiger partial charge < -0.3 is 9.57 Å². The van der Waals surface area contributed by atoms with Crippen molar-refractivity contribution in [2.75, 3.05) is 0 Å². The fraction of sp³-hybridized carbons (Fsp3) is 0. The van der Waals surface area contributed by atoms with Gasteiger partial charge in [-0.15, -0.1) is 5.48 Å². The Hall–Kier alpha value is -1.85. The number of hydrogen-bond donors (Lipinski definition) is 1. The van der Waals surface area contributed by atoms with Crippen LogP contribution in [-0.4, -0.2) is 18.0 Å². The normalized spacial score (nSPS) is 20.5. The molecular formula is C5H3NO5. The number of cyclic esters (lactones) is 2. The number of esters is 1. The highest BCUT2D eigenvalue weighted by molar-refractivity contribution is 5.97. The van der Waals surface area contributed by atoms with Crippen LogP contribution < -0.4 is 5.48 Å². The maximum absolute atomic E-state index is 10.4. The highest BCUT2D eigenvalue weighted by Gasteiger charge is 2.12. The molecule has 1 amide bonds. The average Bonchev–Trinajstić information content (AvgIpc) is 1.95. The Morgan fingerprint density at radius 3 is 2.45 bits per heavy atom. The number of carbonyl (C=O) groups is 3. The molecule has 0 saturated carbocycles. The molecular weight excluding hydrogens is 154 g/mol. The van der Waals surface area contributed by atoms with E-state index in [9.17, 15) is 14.4 Å². The topological polar surface area (TPSA) is 81.7 Å². The van der Waals surface area contributed by atoms with E-state index in [0.717, 1.165) is 12.2 Å². The van der Waals surface area contributed by atoms with Crippen molar-refractivity contribution in [1.82, 2.24) is 5.48 Å². The first kappa shape index (κ1) is 7.26. The lowest BCUT2D eigenvalue weighted by atomic mass is 10.5. The van der Waals surface area contributed by atoms with Crippen molar-refractivity contribution in [2.24, 2.45) is 0 Å². The van der Waals surface area contributed by atoms with Gasteiger partial charge >= 0.3 is 18.0 Å². The summed E-state index contributed by atoms with van der Waals surface area (Å²) in [6.07, 6.45) is 0.510. The van der Waals surface area contributed by atoms with E-state index in [1.807, 2.05) is 0 Å². The van der Waals surface area contributed by atoms with Crippen molar-refractivity contribution < 1.29 is 24.0 Å². The first-order chi connectivity index (χ1) is 5.18. The number of hydroxylamine groups is 1. The number of ether oxygens (including phenoxy) is 1. The monoisotopic (exact) mass is 157 g/mol. The molecule has 0 atom stereocenters. The maximum Gasteiger partial charge on any atom is 0.448 e. The Bertz CT molecular complexity index is 243. The second kappa shape index (κ2) is 2.82. The quantitative estimate of drug-likeness (QED) is 0.370. The van der Waals surface area contributed by atoms with Gasteiger partial charge in [-0.25, -0.2) is 14.4 Å². The number of carbonyl (C=O) groups excluding carboxylic acids is 3. The van der Waals surface area contributed by atoms with Gasteiger partial charge in [0.1, 0.15) is 0 Å². The Labute approximate surface area is 60.7 Å². The summed E-state index contributed by atoms with van der Waals surface area (Å²) in [7, 11) is 0. The summed E-state index contributed by atoms with van der Waals surface area (Å²) in [4.78, 5) is 35.2. The van der Waals surface area contributed by atoms with E-state index in [4.69, 9.17) is 0 Å². The van der Waals surface area contributed by atoms with Crippen LogP contribution in [0.5, 0.6) is 0 Å². The molecule has 0 aliphatic carbocycles. The van der Waals surface area contributed by atoms with Gasteiger partial charge in [-0.05, 0) is 0 Å². The zero-order valence-corrected chi connectivity index (χ0v) is 5.20. The minimum atomic E-state index is -1.12. The van der Waals surface area contributed by atoms with E-state index in [1.54, 1.807) is 5.48 Å². The molecule has 1 N–H and O–H groups in total. The summed E-state index contributed by atoms with van der Waals surface area (Å²) >= 11 is 0. The minimum absolute atomic E-state index is 0.793. The maximum atomic E-state index is 10.4. The second-order valence-corrected chi connectivity index (χ2v) is 1.57. The lowest BCUT2D eigenvalue weighted by Crippen LogP contribution is -2.30. The number of rotatable bonds is 0. The lowest BCUT2D eigenvalue weighted by Gasteiger charge is -2.04. The van der Waals surface area contributed by atoms with Crippen molar-refractivity contribution in [2.45, 2.75) is 0 Å². The molecule has 0 aromatic carbocycles. The van der Waals surface area contributed by atoms with Gasteiger partial charge in [-0.1, -0.05) is 0 Å². The van der Waals surface area contributed by atoms with Crippen LogP contribution in [0.2, 0.25) is 0 Å². The summed E-state index contributed by atoms with van der Waals surface area (Å²) in [5, 5.41) is 0. The van der Waals surface area contributed by atoms with E-state index in [0.29, 0.717) is 0 Å². The molecule has 0 aromatic rings. The van der Waals surface area contributed by atoms with Crippen LogP contribution in [-0.2, 0) is 19.2 Å². The van der Waals surface area contributed by atoms with E-state index in [-0.39, 0.29) is 0 Å². The Morgan fingerprint density at radius 1 is 1.09 bits per heavy atom. The zero-order chi connectivity index (χ0) is 8.27. The molecule has 1 aliphatic rings. The third-order valence-electron chi connectivity index (χ3n) is 0.784. The molecule has 0 saturated heterocycles. The van der Waals surface area contributed by atoms with Gasteiger partial charge in [0.25, 0.3) is 0 Å². The molecule has 11 heavy (non-hydrogen) atoms. The van der Waals surface area contributed by atoms with Crippen LogP contribution >= 0.6 is 0 Å². The van der Waals surface area contributed by atoms with Crippen molar-refractivity contribution >= 4 is 18.0 Å². The Morgan fingerprint density at radius 2 is 1.73 bits per heavy atom. The van der Waals surface area contributed by atoms with E-state index < -0.39 is 18.0 Å². The fourth-order valence-electron chi connectivity index (χ4n) is 0.408. The van der Waals surface area contributed by atoms with Crippen LogP contribution in [0, 0.1) is 0 Å². The van der Waals surface area contributed by atoms with Gasteiger partial charge in [0.2, 0.25) is 0 Å². The van der Waals surface area contributed by atoms with Crippen molar-refractivity contribution in [3.05, 3.63) is 12.2 Å². The zero-order valence-electron chi connectivity index (χ0n) is 5.20. The summed E-state index contributed by atoms with van der Waals surface area (Å²) in [6.45, 7) is 0. The highest BCUT2D eigenvalue weighted by atomic mass is 16.7. The van der Waals surface area contributed by atoms with Gasteiger partial charge in [0, 0.05) is 12.2 Å². The van der Waals surface area contributed by atoms with Crippen molar-refractivity contribution in [3.63, 3.8) is 0 Å². The van der Waals surface area contributed by atoms with Gasteiger partial charge in [0.05, 0.1) is 0 Å². The number of amides is 1. The summed E-state index contributed by atoms with van der Waals surface area (Å²) < 4.78 is 3.99. The molecule has 0 fully saturated rings. The molecule has 6 heteroatoms. The first-order valence-electron chi connectivity index (χ1n) is 2.59. The summed E-state index contributed by atoms with van der Waals surface area (Å²) in [5.41, 5.74) is 1.58. The van der Waals surface area contributed by atoms with Crippen molar-refractivity contribution in [1.29, 1.82) is 0 Å². The molecule has 0 aromatic heterocycles. The smallest absolute Gasteiger partial charge is 0.371 e. The Kier molecular flexibility index (Phi) is 1.86. The first-order valence-corrected chi connectivity index (χ1v) is 2.59.